The van der Waals surface area contributed by atoms with Crippen LogP contribution < -0.4 is 5.32 Å². The number of hydrogen-bond donors (Lipinski definition) is 1. The number of hydrogen-bond acceptors (Lipinski definition) is 2. The maximum atomic E-state index is 6.12. The van der Waals surface area contributed by atoms with E-state index in [4.69, 9.17) is 34.8 Å². The summed E-state index contributed by atoms with van der Waals surface area (Å²) in [6.07, 6.45) is 4.26. The summed E-state index contributed by atoms with van der Waals surface area (Å²) < 4.78 is 0. The molecule has 0 saturated heterocycles. The lowest BCUT2D eigenvalue weighted by Crippen LogP contribution is -2.10. The van der Waals surface area contributed by atoms with Crippen LogP contribution in [-0.2, 0) is 0 Å². The number of nitrogens with one attached hydrogen (secondary N) is 1. The second-order valence-corrected chi connectivity index (χ2v) is 5.36. The molecule has 100 valence electrons. The van der Waals surface area contributed by atoms with E-state index < -0.39 is 0 Å². The Bertz CT molecular complexity index is 572. The molecule has 0 fully saturated rings. The Hall–Kier alpha value is -0.960. The van der Waals surface area contributed by atoms with E-state index in [1.165, 1.54) is 0 Å². The molecule has 1 N–H and O–H groups in total. The van der Waals surface area contributed by atoms with Crippen molar-refractivity contribution in [2.45, 2.75) is 19.4 Å². The summed E-state index contributed by atoms with van der Waals surface area (Å²) in [5.74, 6) is 0. The zero-order chi connectivity index (χ0) is 13.8. The monoisotopic (exact) mass is 314 g/mol. The van der Waals surface area contributed by atoms with Crippen molar-refractivity contribution in [2.24, 2.45) is 0 Å². The molecule has 0 radical (unpaired) electrons. The highest BCUT2D eigenvalue weighted by Gasteiger charge is 2.12. The van der Waals surface area contributed by atoms with E-state index in [1.807, 2.05) is 12.1 Å². The first kappa shape index (κ1) is 14.4. The second-order valence-electron chi connectivity index (χ2n) is 4.13. The Balaban J connectivity index is 2.25. The lowest BCUT2D eigenvalue weighted by molar-refractivity contribution is 0.749. The maximum Gasteiger partial charge on any atom is 0.0720 e. The predicted octanol–water partition coefficient (Wildman–Crippen LogP) is 5.61. The van der Waals surface area contributed by atoms with Gasteiger partial charge in [-0.05, 0) is 30.2 Å². The van der Waals surface area contributed by atoms with Crippen molar-refractivity contribution in [3.63, 3.8) is 0 Å². The molecule has 0 saturated carbocycles. The molecule has 0 amide bonds. The molecule has 0 aliphatic carbocycles. The fourth-order valence-corrected chi connectivity index (χ4v) is 2.29. The van der Waals surface area contributed by atoms with E-state index in [0.29, 0.717) is 15.1 Å². The molecule has 0 bridgehead atoms. The molecule has 1 atom stereocenters. The van der Waals surface area contributed by atoms with Crippen molar-refractivity contribution in [3.8, 4) is 0 Å². The van der Waals surface area contributed by atoms with Crippen molar-refractivity contribution in [1.82, 2.24) is 4.98 Å². The lowest BCUT2D eigenvalue weighted by atomic mass is 10.0. The summed E-state index contributed by atoms with van der Waals surface area (Å²) in [4.78, 5) is 4.06. The van der Waals surface area contributed by atoms with Gasteiger partial charge in [0.05, 0.1) is 33.0 Å². The zero-order valence-electron chi connectivity index (χ0n) is 10.3. The van der Waals surface area contributed by atoms with E-state index in [9.17, 15) is 0 Å². The van der Waals surface area contributed by atoms with Crippen LogP contribution in [0.2, 0.25) is 15.1 Å². The predicted molar refractivity (Wildman–Crippen MR) is 82.4 cm³/mol. The van der Waals surface area contributed by atoms with Crippen molar-refractivity contribution >= 4 is 40.5 Å². The summed E-state index contributed by atoms with van der Waals surface area (Å²) >= 11 is 18.1. The van der Waals surface area contributed by atoms with Gasteiger partial charge in [-0.3, -0.25) is 4.98 Å². The van der Waals surface area contributed by atoms with E-state index in [1.54, 1.807) is 24.5 Å². The van der Waals surface area contributed by atoms with Gasteiger partial charge >= 0.3 is 0 Å². The average molecular weight is 316 g/mol. The molecule has 1 heterocycles. The molecule has 1 aromatic heterocycles. The molecule has 19 heavy (non-hydrogen) atoms. The Kier molecular flexibility index (Phi) is 4.92. The zero-order valence-corrected chi connectivity index (χ0v) is 12.6. The number of rotatable bonds is 4. The van der Waals surface area contributed by atoms with Gasteiger partial charge in [0.15, 0.2) is 0 Å². The minimum absolute atomic E-state index is 0.108. The highest BCUT2D eigenvalue weighted by Crippen LogP contribution is 2.30. The van der Waals surface area contributed by atoms with Crippen LogP contribution in [0.5, 0.6) is 0 Å². The third kappa shape index (κ3) is 3.53. The van der Waals surface area contributed by atoms with Crippen LogP contribution in [0.15, 0.2) is 36.7 Å². The molecule has 2 rings (SSSR count). The van der Waals surface area contributed by atoms with Gasteiger partial charge in [-0.15, -0.1) is 0 Å². The number of benzene rings is 1. The smallest absolute Gasteiger partial charge is 0.0720 e. The largest absolute Gasteiger partial charge is 0.376 e. The topological polar surface area (TPSA) is 24.9 Å². The average Bonchev–Trinajstić information content (AvgIpc) is 2.41. The van der Waals surface area contributed by atoms with Gasteiger partial charge in [0.1, 0.15) is 0 Å². The summed E-state index contributed by atoms with van der Waals surface area (Å²) in [7, 11) is 0. The normalized spacial score (nSPS) is 12.2. The molecule has 0 aliphatic rings. The summed E-state index contributed by atoms with van der Waals surface area (Å²) in [6.45, 7) is 2.09. The van der Waals surface area contributed by atoms with Crippen LogP contribution in [0, 0.1) is 0 Å². The molecule has 2 aromatic rings. The van der Waals surface area contributed by atoms with Crippen LogP contribution >= 0.6 is 34.8 Å². The fraction of sp³-hybridized carbons (Fsp3) is 0.214. The van der Waals surface area contributed by atoms with Gasteiger partial charge in [-0.25, -0.2) is 0 Å². The molecular formula is C14H13Cl3N2. The lowest BCUT2D eigenvalue weighted by Gasteiger charge is -2.19. The maximum absolute atomic E-state index is 6.12. The third-order valence-electron chi connectivity index (χ3n) is 2.85. The van der Waals surface area contributed by atoms with Gasteiger partial charge in [0.2, 0.25) is 0 Å². The van der Waals surface area contributed by atoms with E-state index in [2.05, 4.69) is 17.2 Å². The van der Waals surface area contributed by atoms with Crippen LogP contribution in [-0.4, -0.2) is 4.98 Å². The Morgan fingerprint density at radius 1 is 1.11 bits per heavy atom. The number of halogens is 3. The Morgan fingerprint density at radius 2 is 1.89 bits per heavy atom. The minimum atomic E-state index is 0.108. The number of pyridine rings is 1. The first-order valence-corrected chi connectivity index (χ1v) is 7.06. The highest BCUT2D eigenvalue weighted by atomic mass is 35.5. The quantitative estimate of drug-likeness (QED) is 0.793. The molecule has 1 aromatic carbocycles. The highest BCUT2D eigenvalue weighted by molar-refractivity contribution is 6.42. The summed E-state index contributed by atoms with van der Waals surface area (Å²) in [5.41, 5.74) is 1.87. The van der Waals surface area contributed by atoms with E-state index >= 15 is 0 Å². The van der Waals surface area contributed by atoms with Crippen LogP contribution in [0.25, 0.3) is 0 Å². The molecule has 5 heteroatoms. The van der Waals surface area contributed by atoms with Crippen LogP contribution in [0.1, 0.15) is 24.9 Å². The van der Waals surface area contributed by atoms with Crippen LogP contribution in [0.3, 0.4) is 0 Å². The van der Waals surface area contributed by atoms with Gasteiger partial charge in [0, 0.05) is 6.20 Å². The number of nitrogens with zero attached hydrogens (tertiary/aromatic N) is 1. The van der Waals surface area contributed by atoms with E-state index in [0.717, 1.165) is 17.7 Å². The molecule has 2 nitrogen and oxygen atoms in total. The summed E-state index contributed by atoms with van der Waals surface area (Å²) in [6, 6.07) is 7.49. The van der Waals surface area contributed by atoms with Crippen molar-refractivity contribution in [1.29, 1.82) is 0 Å². The Morgan fingerprint density at radius 3 is 2.53 bits per heavy atom. The first-order valence-electron chi connectivity index (χ1n) is 5.92. The van der Waals surface area contributed by atoms with Crippen molar-refractivity contribution in [3.05, 3.63) is 57.3 Å². The van der Waals surface area contributed by atoms with Gasteiger partial charge in [-0.2, -0.15) is 0 Å². The molecule has 0 aliphatic heterocycles. The molecule has 0 spiro atoms. The van der Waals surface area contributed by atoms with Gasteiger partial charge in [-0.1, -0.05) is 47.8 Å². The third-order valence-corrected chi connectivity index (χ3v) is 3.92. The standard InChI is InChI=1S/C14H13Cl3N2/c1-2-13(9-3-4-10(15)12(17)7-9)19-14-8-18-6-5-11(14)16/h3-8,13,19H,2H2,1H3. The van der Waals surface area contributed by atoms with Gasteiger partial charge < -0.3 is 5.32 Å². The van der Waals surface area contributed by atoms with Crippen molar-refractivity contribution in [2.75, 3.05) is 5.32 Å². The minimum Gasteiger partial charge on any atom is -0.376 e. The number of anilines is 1. The number of aromatic nitrogens is 1. The van der Waals surface area contributed by atoms with E-state index in [-0.39, 0.29) is 6.04 Å². The molecule has 1 unspecified atom stereocenters. The Labute approximate surface area is 127 Å². The van der Waals surface area contributed by atoms with Crippen LogP contribution in [0.4, 0.5) is 5.69 Å². The summed E-state index contributed by atoms with van der Waals surface area (Å²) in [5, 5.41) is 5.12. The second kappa shape index (κ2) is 6.47. The van der Waals surface area contributed by atoms with Crippen molar-refractivity contribution < 1.29 is 0 Å². The first-order chi connectivity index (χ1) is 9.11. The van der Waals surface area contributed by atoms with Gasteiger partial charge in [0.25, 0.3) is 0 Å². The fourth-order valence-electron chi connectivity index (χ4n) is 1.82. The molecular weight excluding hydrogens is 303 g/mol. The SMILES string of the molecule is CCC(Nc1cnccc1Cl)c1ccc(Cl)c(Cl)c1.